The Labute approximate surface area is 222 Å². The Morgan fingerprint density at radius 1 is 0.974 bits per heavy atom. The van der Waals surface area contributed by atoms with Crippen LogP contribution in [0, 0.1) is 5.41 Å². The van der Waals surface area contributed by atoms with E-state index in [1.807, 2.05) is 43.3 Å². The normalized spacial score (nSPS) is 27.9. The summed E-state index contributed by atoms with van der Waals surface area (Å²) >= 11 is 0. The highest BCUT2D eigenvalue weighted by molar-refractivity contribution is 5.91. The number of carbonyl (C=O) groups is 4. The van der Waals surface area contributed by atoms with Crippen molar-refractivity contribution in [3.63, 3.8) is 0 Å². The number of pyridine rings is 1. The fourth-order valence-electron chi connectivity index (χ4n) is 4.38. The molecule has 1 saturated heterocycles. The number of hydrogen-bond donors (Lipinski definition) is 3. The quantitative estimate of drug-likeness (QED) is 0.454. The monoisotopic (exact) mass is 521 g/mol. The molecule has 1 fully saturated rings. The van der Waals surface area contributed by atoms with Crippen molar-refractivity contribution in [1.82, 2.24) is 26.1 Å². The summed E-state index contributed by atoms with van der Waals surface area (Å²) in [5.41, 5.74) is 4.29. The average molecular weight is 522 g/mol. The topological polar surface area (TPSA) is 130 Å². The van der Waals surface area contributed by atoms with Crippen LogP contribution in [0.4, 0.5) is 0 Å². The maximum atomic E-state index is 13.1. The van der Waals surface area contributed by atoms with Gasteiger partial charge in [-0.1, -0.05) is 30.4 Å². The summed E-state index contributed by atoms with van der Waals surface area (Å²) in [5, 5.41) is 7.92. The van der Waals surface area contributed by atoms with Crippen molar-refractivity contribution >= 4 is 40.7 Å². The van der Waals surface area contributed by atoms with Gasteiger partial charge in [-0.15, -0.1) is 0 Å². The maximum absolute atomic E-state index is 13.1. The van der Waals surface area contributed by atoms with E-state index in [9.17, 15) is 19.2 Å². The number of aromatic nitrogens is 1. The number of rotatable bonds is 0. The van der Waals surface area contributed by atoms with Crippen LogP contribution in [-0.4, -0.2) is 58.4 Å². The number of amides is 3. The van der Waals surface area contributed by atoms with E-state index in [1.165, 1.54) is 11.9 Å². The summed E-state index contributed by atoms with van der Waals surface area (Å²) < 4.78 is 5.44. The predicted octanol–water partition coefficient (Wildman–Crippen LogP) is 2.40. The zero-order chi connectivity index (χ0) is 27.6. The molecule has 0 unspecified atom stereocenters. The second kappa shape index (κ2) is 10.9. The Kier molecular flexibility index (Phi) is 7.82. The fraction of sp³-hybridized carbons (Fsp3) is 0.464. The van der Waals surface area contributed by atoms with Crippen molar-refractivity contribution in [2.75, 3.05) is 6.54 Å². The molecule has 2 aliphatic heterocycles. The van der Waals surface area contributed by atoms with Gasteiger partial charge in [-0.2, -0.15) is 0 Å². The third-order valence-electron chi connectivity index (χ3n) is 6.91. The van der Waals surface area contributed by atoms with Crippen molar-refractivity contribution in [2.45, 2.75) is 71.7 Å². The van der Waals surface area contributed by atoms with Crippen LogP contribution >= 0.6 is 0 Å². The van der Waals surface area contributed by atoms with Gasteiger partial charge in [-0.25, -0.2) is 5.43 Å². The average Bonchev–Trinajstić information content (AvgIpc) is 2.90. The number of fused-ring (bicyclic) bond motifs is 4. The van der Waals surface area contributed by atoms with Gasteiger partial charge in [0.15, 0.2) is 6.10 Å². The smallest absolute Gasteiger partial charge is 0.316 e. The van der Waals surface area contributed by atoms with Crippen LogP contribution in [0.15, 0.2) is 36.4 Å². The van der Waals surface area contributed by atoms with Crippen molar-refractivity contribution in [1.29, 1.82) is 0 Å². The second-order valence-electron chi connectivity index (χ2n) is 10.6. The summed E-state index contributed by atoms with van der Waals surface area (Å²) in [6, 6.07) is 7.77. The van der Waals surface area contributed by atoms with E-state index in [1.54, 1.807) is 26.8 Å². The van der Waals surface area contributed by atoms with Crippen molar-refractivity contribution in [3.05, 3.63) is 47.7 Å². The molecular formula is C28H35N5O5. The standard InChI is InChI=1S/C28H35N5O5/c1-16-21-11-10-20-9-8-19(15-23(20)31-21)12-13-28(4,5)27(37)38-18(3)24(34)30-17(2)26(36)33-14-6-7-22(32-33)25(35)29-16/h8-13,15-18,22,32H,6-7,14H2,1-5H3,(H,29,35)(H,30,34)/b13-12+/t16-,17+,18+,22+/m1/s1. The molecule has 5 bridgehead atoms. The molecule has 38 heavy (non-hydrogen) atoms. The van der Waals surface area contributed by atoms with E-state index < -0.39 is 35.5 Å². The molecule has 10 nitrogen and oxygen atoms in total. The minimum Gasteiger partial charge on any atom is -0.452 e. The van der Waals surface area contributed by atoms with Crippen LogP contribution in [0.25, 0.3) is 17.0 Å². The summed E-state index contributed by atoms with van der Waals surface area (Å²) in [7, 11) is 0. The number of hydrazine groups is 1. The van der Waals surface area contributed by atoms with Gasteiger partial charge in [0, 0.05) is 11.9 Å². The highest BCUT2D eigenvalue weighted by atomic mass is 16.5. The highest BCUT2D eigenvalue weighted by Crippen LogP contribution is 2.24. The first-order valence-corrected chi connectivity index (χ1v) is 12.9. The lowest BCUT2D eigenvalue weighted by Gasteiger charge is -2.35. The van der Waals surface area contributed by atoms with Gasteiger partial charge in [-0.05, 0) is 65.2 Å². The van der Waals surface area contributed by atoms with Gasteiger partial charge >= 0.3 is 5.97 Å². The van der Waals surface area contributed by atoms with Crippen molar-refractivity contribution in [3.8, 4) is 0 Å². The van der Waals surface area contributed by atoms with E-state index in [0.29, 0.717) is 25.1 Å². The Morgan fingerprint density at radius 3 is 2.45 bits per heavy atom. The Hall–Kier alpha value is -3.79. The molecule has 0 spiro atoms. The lowest BCUT2D eigenvalue weighted by atomic mass is 9.92. The molecule has 4 atom stereocenters. The van der Waals surface area contributed by atoms with Gasteiger partial charge in [-0.3, -0.25) is 29.2 Å². The summed E-state index contributed by atoms with van der Waals surface area (Å²) in [6.45, 7) is 8.70. The zero-order valence-corrected chi connectivity index (χ0v) is 22.4. The summed E-state index contributed by atoms with van der Waals surface area (Å²) in [4.78, 5) is 56.4. The van der Waals surface area contributed by atoms with E-state index in [-0.39, 0.29) is 17.9 Å². The van der Waals surface area contributed by atoms with Crippen LogP contribution in [0.2, 0.25) is 0 Å². The molecule has 2 aromatic rings. The number of ether oxygens (including phenoxy) is 1. The third-order valence-corrected chi connectivity index (χ3v) is 6.91. The van der Waals surface area contributed by atoms with E-state index in [2.05, 4.69) is 16.1 Å². The lowest BCUT2D eigenvalue weighted by molar-refractivity contribution is -0.161. The third kappa shape index (κ3) is 6.02. The molecular weight excluding hydrogens is 486 g/mol. The lowest BCUT2D eigenvalue weighted by Crippen LogP contribution is -2.61. The van der Waals surface area contributed by atoms with Crippen LogP contribution in [0.5, 0.6) is 0 Å². The number of hydrogen-bond acceptors (Lipinski definition) is 7. The van der Waals surface area contributed by atoms with Gasteiger partial charge in [0.2, 0.25) is 5.91 Å². The van der Waals surface area contributed by atoms with Crippen molar-refractivity contribution in [2.24, 2.45) is 5.41 Å². The molecule has 0 radical (unpaired) electrons. The van der Waals surface area contributed by atoms with Crippen LogP contribution in [0.1, 0.15) is 64.8 Å². The molecule has 3 heterocycles. The molecule has 3 N–H and O–H groups in total. The molecule has 2 aliphatic rings. The van der Waals surface area contributed by atoms with Gasteiger partial charge in [0.25, 0.3) is 11.8 Å². The minimum absolute atomic E-state index is 0.237. The van der Waals surface area contributed by atoms with Gasteiger partial charge < -0.3 is 15.4 Å². The second-order valence-corrected chi connectivity index (χ2v) is 10.6. The number of carbonyl (C=O) groups excluding carboxylic acids is 4. The van der Waals surface area contributed by atoms with Crippen LogP contribution < -0.4 is 16.1 Å². The van der Waals surface area contributed by atoms with E-state index >= 15 is 0 Å². The Balaban J connectivity index is 1.68. The largest absolute Gasteiger partial charge is 0.452 e. The van der Waals surface area contributed by atoms with Gasteiger partial charge in [0.05, 0.1) is 22.7 Å². The molecule has 202 valence electrons. The number of benzene rings is 1. The summed E-state index contributed by atoms with van der Waals surface area (Å²) in [6.07, 6.45) is 3.62. The molecule has 0 aliphatic carbocycles. The molecule has 0 saturated carbocycles. The molecule has 10 heteroatoms. The number of nitrogens with one attached hydrogen (secondary N) is 3. The summed E-state index contributed by atoms with van der Waals surface area (Å²) in [5.74, 6) is -1.77. The molecule has 1 aromatic heterocycles. The van der Waals surface area contributed by atoms with E-state index in [4.69, 9.17) is 9.72 Å². The van der Waals surface area contributed by atoms with Crippen LogP contribution in [-0.2, 0) is 23.9 Å². The highest BCUT2D eigenvalue weighted by Gasteiger charge is 2.33. The fourth-order valence-corrected chi connectivity index (χ4v) is 4.38. The predicted molar refractivity (Wildman–Crippen MR) is 142 cm³/mol. The van der Waals surface area contributed by atoms with Gasteiger partial charge in [0.1, 0.15) is 12.1 Å². The first-order valence-electron chi connectivity index (χ1n) is 12.9. The van der Waals surface area contributed by atoms with Crippen LogP contribution in [0.3, 0.4) is 0 Å². The minimum atomic E-state index is -1.10. The first kappa shape index (κ1) is 27.3. The Morgan fingerprint density at radius 2 is 1.68 bits per heavy atom. The van der Waals surface area contributed by atoms with E-state index in [0.717, 1.165) is 16.5 Å². The number of esters is 1. The number of cyclic esters (lactones) is 1. The molecule has 4 rings (SSSR count). The zero-order valence-electron chi connectivity index (χ0n) is 22.4. The SMILES string of the molecule is C[C@@H]1NC(=O)[C@H](C)OC(=O)C(C)(C)/C=C/c2ccc3ccc(nc3c2)[C@@H](C)NC(=O)[C@@H]2CCCN(N2)C1=O. The molecule has 1 aromatic carbocycles. The maximum Gasteiger partial charge on any atom is 0.316 e. The first-order chi connectivity index (χ1) is 17.9. The Bertz CT molecular complexity index is 1290. The number of nitrogens with zero attached hydrogens (tertiary/aromatic N) is 2. The van der Waals surface area contributed by atoms with Crippen molar-refractivity contribution < 1.29 is 23.9 Å². The molecule has 3 amide bonds.